The molecular weight excluding hydrogens is 228 g/mol. The van der Waals surface area contributed by atoms with Crippen molar-refractivity contribution < 1.29 is 9.53 Å². The van der Waals surface area contributed by atoms with E-state index in [0.29, 0.717) is 5.92 Å². The summed E-state index contributed by atoms with van der Waals surface area (Å²) >= 11 is 0. The number of rotatable bonds is 3. The maximum absolute atomic E-state index is 12.2. The third-order valence-corrected chi connectivity index (χ3v) is 4.31. The van der Waals surface area contributed by atoms with E-state index in [0.717, 1.165) is 51.9 Å². The Hall–Kier alpha value is -0.610. The lowest BCUT2D eigenvalue weighted by Gasteiger charge is -2.25. The SMILES string of the molecule is NC1CCCCCC1C(=O)NCC1CCOCC1. The van der Waals surface area contributed by atoms with Crippen molar-refractivity contribution in [1.82, 2.24) is 5.32 Å². The Labute approximate surface area is 110 Å². The summed E-state index contributed by atoms with van der Waals surface area (Å²) in [5.74, 6) is 0.799. The molecule has 4 heteroatoms. The predicted octanol–water partition coefficient (Wildman–Crippen LogP) is 1.44. The lowest BCUT2D eigenvalue weighted by atomic mass is 9.94. The van der Waals surface area contributed by atoms with Crippen LogP contribution < -0.4 is 11.1 Å². The minimum absolute atomic E-state index is 0.0346. The van der Waals surface area contributed by atoms with Crippen LogP contribution >= 0.6 is 0 Å². The quantitative estimate of drug-likeness (QED) is 0.749. The summed E-state index contributed by atoms with van der Waals surface area (Å²) in [6.07, 6.45) is 7.62. The fraction of sp³-hybridized carbons (Fsp3) is 0.929. The van der Waals surface area contributed by atoms with Crippen LogP contribution in [0.1, 0.15) is 44.9 Å². The van der Waals surface area contributed by atoms with E-state index in [-0.39, 0.29) is 17.9 Å². The summed E-state index contributed by atoms with van der Waals surface area (Å²) in [4.78, 5) is 12.2. The first-order valence-corrected chi connectivity index (χ1v) is 7.38. The summed E-state index contributed by atoms with van der Waals surface area (Å²) < 4.78 is 5.32. The van der Waals surface area contributed by atoms with E-state index in [4.69, 9.17) is 10.5 Å². The molecule has 104 valence electrons. The zero-order chi connectivity index (χ0) is 12.8. The van der Waals surface area contributed by atoms with Crippen molar-refractivity contribution in [2.75, 3.05) is 19.8 Å². The van der Waals surface area contributed by atoms with Crippen molar-refractivity contribution in [3.63, 3.8) is 0 Å². The molecule has 0 aromatic carbocycles. The number of nitrogens with two attached hydrogens (primary N) is 1. The lowest BCUT2D eigenvalue weighted by Crippen LogP contribution is -2.43. The molecule has 1 heterocycles. The van der Waals surface area contributed by atoms with E-state index in [2.05, 4.69) is 5.32 Å². The first-order chi connectivity index (χ1) is 8.77. The van der Waals surface area contributed by atoms with Gasteiger partial charge in [-0.05, 0) is 31.6 Å². The third kappa shape index (κ3) is 3.95. The first kappa shape index (κ1) is 13.8. The molecule has 2 atom stereocenters. The normalized spacial score (nSPS) is 30.7. The zero-order valence-electron chi connectivity index (χ0n) is 11.2. The Balaban J connectivity index is 1.75. The molecule has 1 saturated carbocycles. The van der Waals surface area contributed by atoms with E-state index < -0.39 is 0 Å². The lowest BCUT2D eigenvalue weighted by molar-refractivity contribution is -0.126. The van der Waals surface area contributed by atoms with Gasteiger partial charge in [-0.3, -0.25) is 4.79 Å². The van der Waals surface area contributed by atoms with E-state index in [1.54, 1.807) is 0 Å². The van der Waals surface area contributed by atoms with Crippen LogP contribution in [0.5, 0.6) is 0 Å². The van der Waals surface area contributed by atoms with E-state index in [1.807, 2.05) is 0 Å². The van der Waals surface area contributed by atoms with Crippen LogP contribution in [0, 0.1) is 11.8 Å². The summed E-state index contributed by atoms with van der Waals surface area (Å²) in [7, 11) is 0. The molecule has 2 unspecified atom stereocenters. The minimum atomic E-state index is 0.0346. The maximum atomic E-state index is 12.2. The Morgan fingerprint density at radius 1 is 1.11 bits per heavy atom. The van der Waals surface area contributed by atoms with Gasteiger partial charge in [0.05, 0.1) is 5.92 Å². The maximum Gasteiger partial charge on any atom is 0.224 e. The molecule has 0 bridgehead atoms. The number of amides is 1. The molecule has 0 aromatic heterocycles. The van der Waals surface area contributed by atoms with Crippen molar-refractivity contribution in [2.24, 2.45) is 17.6 Å². The predicted molar refractivity (Wildman–Crippen MR) is 71.1 cm³/mol. The molecule has 2 fully saturated rings. The molecule has 1 amide bonds. The summed E-state index contributed by atoms with van der Waals surface area (Å²) in [6.45, 7) is 2.47. The molecule has 0 aromatic rings. The number of nitrogens with one attached hydrogen (secondary N) is 1. The van der Waals surface area contributed by atoms with Gasteiger partial charge < -0.3 is 15.8 Å². The highest BCUT2D eigenvalue weighted by Crippen LogP contribution is 2.22. The van der Waals surface area contributed by atoms with E-state index >= 15 is 0 Å². The Kier molecular flexibility index (Phi) is 5.45. The number of carbonyl (C=O) groups excluding carboxylic acids is 1. The monoisotopic (exact) mass is 254 g/mol. The van der Waals surface area contributed by atoms with Crippen LogP contribution in [0.2, 0.25) is 0 Å². The largest absolute Gasteiger partial charge is 0.381 e. The Bertz CT molecular complexity index is 265. The molecule has 2 rings (SSSR count). The molecule has 2 aliphatic rings. The van der Waals surface area contributed by atoms with Gasteiger partial charge in [-0.15, -0.1) is 0 Å². The Morgan fingerprint density at radius 3 is 2.61 bits per heavy atom. The standard InChI is InChI=1S/C14H26N2O2/c15-13-5-3-1-2-4-12(13)14(17)16-10-11-6-8-18-9-7-11/h11-13H,1-10,15H2,(H,16,17). The first-order valence-electron chi connectivity index (χ1n) is 7.38. The van der Waals surface area contributed by atoms with Crippen LogP contribution in [-0.4, -0.2) is 31.7 Å². The number of hydrogen-bond acceptors (Lipinski definition) is 3. The molecule has 1 saturated heterocycles. The van der Waals surface area contributed by atoms with Gasteiger partial charge in [0.25, 0.3) is 0 Å². The smallest absolute Gasteiger partial charge is 0.224 e. The average molecular weight is 254 g/mol. The van der Waals surface area contributed by atoms with Crippen molar-refractivity contribution >= 4 is 5.91 Å². The second-order valence-corrected chi connectivity index (χ2v) is 5.71. The minimum Gasteiger partial charge on any atom is -0.381 e. The second kappa shape index (κ2) is 7.10. The summed E-state index contributed by atoms with van der Waals surface area (Å²) in [5.41, 5.74) is 6.11. The van der Waals surface area contributed by atoms with Crippen molar-refractivity contribution in [3.8, 4) is 0 Å². The molecule has 18 heavy (non-hydrogen) atoms. The molecule has 0 radical (unpaired) electrons. The van der Waals surface area contributed by atoms with Gasteiger partial charge in [0.2, 0.25) is 5.91 Å². The highest BCUT2D eigenvalue weighted by atomic mass is 16.5. The number of ether oxygens (including phenoxy) is 1. The van der Waals surface area contributed by atoms with Gasteiger partial charge >= 0.3 is 0 Å². The highest BCUT2D eigenvalue weighted by molar-refractivity contribution is 5.79. The highest BCUT2D eigenvalue weighted by Gasteiger charge is 2.27. The van der Waals surface area contributed by atoms with Gasteiger partial charge in [0.15, 0.2) is 0 Å². The molecule has 0 spiro atoms. The van der Waals surface area contributed by atoms with Gasteiger partial charge in [-0.25, -0.2) is 0 Å². The molecule has 1 aliphatic carbocycles. The zero-order valence-corrected chi connectivity index (χ0v) is 11.2. The third-order valence-electron chi connectivity index (χ3n) is 4.31. The summed E-state index contributed by atoms with van der Waals surface area (Å²) in [6, 6.07) is 0.0576. The average Bonchev–Trinajstić information content (AvgIpc) is 2.62. The number of hydrogen-bond donors (Lipinski definition) is 2. The Morgan fingerprint density at radius 2 is 1.83 bits per heavy atom. The van der Waals surface area contributed by atoms with Gasteiger partial charge in [0, 0.05) is 25.8 Å². The van der Waals surface area contributed by atoms with E-state index in [1.165, 1.54) is 12.8 Å². The second-order valence-electron chi connectivity index (χ2n) is 5.71. The van der Waals surface area contributed by atoms with Gasteiger partial charge in [0.1, 0.15) is 0 Å². The molecule has 3 N–H and O–H groups in total. The van der Waals surface area contributed by atoms with E-state index in [9.17, 15) is 4.79 Å². The van der Waals surface area contributed by atoms with Crippen LogP contribution in [0.3, 0.4) is 0 Å². The molecular formula is C14H26N2O2. The fourth-order valence-electron chi connectivity index (χ4n) is 2.99. The molecule has 1 aliphatic heterocycles. The van der Waals surface area contributed by atoms with Crippen molar-refractivity contribution in [3.05, 3.63) is 0 Å². The van der Waals surface area contributed by atoms with Crippen LogP contribution in [-0.2, 0) is 9.53 Å². The van der Waals surface area contributed by atoms with Crippen molar-refractivity contribution in [1.29, 1.82) is 0 Å². The van der Waals surface area contributed by atoms with Crippen LogP contribution in [0.15, 0.2) is 0 Å². The van der Waals surface area contributed by atoms with Crippen molar-refractivity contribution in [2.45, 2.75) is 51.0 Å². The fourth-order valence-corrected chi connectivity index (χ4v) is 2.99. The topological polar surface area (TPSA) is 64.4 Å². The van der Waals surface area contributed by atoms with Crippen LogP contribution in [0.4, 0.5) is 0 Å². The van der Waals surface area contributed by atoms with Crippen LogP contribution in [0.25, 0.3) is 0 Å². The van der Waals surface area contributed by atoms with Gasteiger partial charge in [-0.1, -0.05) is 19.3 Å². The summed E-state index contributed by atoms with van der Waals surface area (Å²) in [5, 5.41) is 3.11. The number of carbonyl (C=O) groups is 1. The molecule has 4 nitrogen and oxygen atoms in total. The van der Waals surface area contributed by atoms with Gasteiger partial charge in [-0.2, -0.15) is 0 Å².